The Balaban J connectivity index is 1.32. The Morgan fingerprint density at radius 2 is 1.76 bits per heavy atom. The maximum absolute atomic E-state index is 14.8. The molecule has 0 spiro atoms. The zero-order valence-corrected chi connectivity index (χ0v) is 27.6. The number of carbonyl (C=O) groups is 4. The number of esters is 1. The van der Waals surface area contributed by atoms with Crippen molar-refractivity contribution in [2.24, 2.45) is 17.8 Å². The first-order chi connectivity index (χ1) is 21.8. The molecular formula is C34H43F2N3O6S. The van der Waals surface area contributed by atoms with Crippen LogP contribution in [0.4, 0.5) is 19.3 Å². The number of ether oxygens (including phenoxy) is 2. The van der Waals surface area contributed by atoms with E-state index in [4.69, 9.17) is 9.47 Å². The fraction of sp³-hybridized carbons (Fsp3) is 0.588. The van der Waals surface area contributed by atoms with Crippen molar-refractivity contribution >= 4 is 40.9 Å². The molecule has 0 radical (unpaired) electrons. The van der Waals surface area contributed by atoms with E-state index in [0.29, 0.717) is 37.3 Å². The lowest BCUT2D eigenvalue weighted by Gasteiger charge is -2.49. The van der Waals surface area contributed by atoms with Crippen LogP contribution in [0, 0.1) is 29.4 Å². The third-order valence-corrected chi connectivity index (χ3v) is 10.2. The van der Waals surface area contributed by atoms with Crippen molar-refractivity contribution in [2.75, 3.05) is 18.5 Å². The van der Waals surface area contributed by atoms with Gasteiger partial charge in [0.15, 0.2) is 0 Å². The molecule has 3 atom stereocenters. The van der Waals surface area contributed by atoms with Crippen molar-refractivity contribution < 1.29 is 37.4 Å². The highest BCUT2D eigenvalue weighted by Crippen LogP contribution is 2.43. The highest BCUT2D eigenvalue weighted by atomic mass is 32.1. The van der Waals surface area contributed by atoms with E-state index >= 15 is 0 Å². The summed E-state index contributed by atoms with van der Waals surface area (Å²) in [5, 5.41) is 5.89. The number of halogens is 2. The van der Waals surface area contributed by atoms with E-state index in [2.05, 4.69) is 10.6 Å². The summed E-state index contributed by atoms with van der Waals surface area (Å²) < 4.78 is 38.9. The van der Waals surface area contributed by atoms with Gasteiger partial charge >= 0.3 is 12.1 Å². The number of benzene rings is 1. The standard InChI is InChI=1S/C34H43F2N3O6S/c1-5-44-29(40)15-19-6-10-22(11-7-19)37-31(41)24-14-20-8-13-27(24)39(18-20)32(42)30-26(38-33(43)45-34(2,3)4)17-28(46-30)23-12-9-21(35)16-25(23)36/h9,12,16-17,19-20,22,24,27H,5-8,10-11,13-15,18H2,1-4H3,(H,37,41)(H,38,43)/t19?,20-,22?,24+,27+/m1/s1. The first-order valence-corrected chi connectivity index (χ1v) is 17.0. The number of nitrogens with zero attached hydrogens (tertiary/aromatic N) is 1. The largest absolute Gasteiger partial charge is 0.466 e. The predicted molar refractivity (Wildman–Crippen MR) is 170 cm³/mol. The Morgan fingerprint density at radius 1 is 1.02 bits per heavy atom. The van der Waals surface area contributed by atoms with Crippen molar-refractivity contribution in [3.63, 3.8) is 0 Å². The van der Waals surface area contributed by atoms with Crippen LogP contribution in [-0.4, -0.2) is 59.6 Å². The van der Waals surface area contributed by atoms with Gasteiger partial charge in [-0.3, -0.25) is 19.7 Å². The molecule has 3 amide bonds. The Bertz CT molecular complexity index is 1470. The lowest BCUT2D eigenvalue weighted by Crippen LogP contribution is -2.59. The van der Waals surface area contributed by atoms with Crippen LogP contribution in [0.25, 0.3) is 10.4 Å². The average molecular weight is 660 g/mol. The Morgan fingerprint density at radius 3 is 2.41 bits per heavy atom. The van der Waals surface area contributed by atoms with Crippen molar-refractivity contribution in [3.8, 4) is 10.4 Å². The van der Waals surface area contributed by atoms with Crippen molar-refractivity contribution in [2.45, 2.75) is 96.7 Å². The van der Waals surface area contributed by atoms with Gasteiger partial charge in [0, 0.05) is 41.6 Å². The van der Waals surface area contributed by atoms with Gasteiger partial charge in [0.25, 0.3) is 5.91 Å². The van der Waals surface area contributed by atoms with Crippen molar-refractivity contribution in [1.82, 2.24) is 10.2 Å². The van der Waals surface area contributed by atoms with Crippen LogP contribution in [0.3, 0.4) is 0 Å². The minimum atomic E-state index is -0.789. The third-order valence-electron chi connectivity index (χ3n) is 9.09. The average Bonchev–Trinajstić information content (AvgIpc) is 3.40. The lowest BCUT2D eigenvalue weighted by atomic mass is 9.72. The van der Waals surface area contributed by atoms with Gasteiger partial charge in [-0.1, -0.05) is 0 Å². The van der Waals surface area contributed by atoms with Gasteiger partial charge in [-0.2, -0.15) is 0 Å². The molecule has 2 aliphatic heterocycles. The second-order valence-corrected chi connectivity index (χ2v) is 14.7. The first kappa shape index (κ1) is 33.8. The smallest absolute Gasteiger partial charge is 0.412 e. The van der Waals surface area contributed by atoms with Crippen molar-refractivity contribution in [1.29, 1.82) is 0 Å². The molecule has 2 aromatic rings. The summed E-state index contributed by atoms with van der Waals surface area (Å²) in [5.74, 6) is -2.06. The molecular weight excluding hydrogens is 616 g/mol. The molecule has 2 bridgehead atoms. The Labute approximate surface area is 272 Å². The molecule has 2 saturated heterocycles. The summed E-state index contributed by atoms with van der Waals surface area (Å²) in [7, 11) is 0. The quantitative estimate of drug-likeness (QED) is 0.298. The topological polar surface area (TPSA) is 114 Å². The highest BCUT2D eigenvalue weighted by Gasteiger charge is 2.47. The minimum Gasteiger partial charge on any atom is -0.466 e. The minimum absolute atomic E-state index is 0.0191. The van der Waals surface area contributed by atoms with Crippen LogP contribution in [0.2, 0.25) is 0 Å². The SMILES string of the molecule is CCOC(=O)CC1CCC(NC(=O)[C@H]2C[C@H]3CC[C@@H]2N(C(=O)c2sc(-c4ccc(F)cc4F)cc2NC(=O)OC(C)(C)C)C3)CC1. The van der Waals surface area contributed by atoms with Crippen molar-refractivity contribution in [3.05, 3.63) is 40.8 Å². The molecule has 9 nitrogen and oxygen atoms in total. The molecule has 46 heavy (non-hydrogen) atoms. The van der Waals surface area contributed by atoms with Crippen LogP contribution in [0.15, 0.2) is 24.3 Å². The number of amides is 3. The number of hydrogen-bond donors (Lipinski definition) is 2. The van der Waals surface area contributed by atoms with E-state index in [0.717, 1.165) is 55.6 Å². The van der Waals surface area contributed by atoms with Gasteiger partial charge in [-0.25, -0.2) is 13.6 Å². The molecule has 3 heterocycles. The zero-order chi connectivity index (χ0) is 33.2. The van der Waals surface area contributed by atoms with E-state index in [1.165, 1.54) is 12.1 Å². The van der Waals surface area contributed by atoms with Gasteiger partial charge in [-0.15, -0.1) is 11.3 Å². The van der Waals surface area contributed by atoms with Gasteiger partial charge < -0.3 is 19.7 Å². The molecule has 0 unspecified atom stereocenters. The molecule has 2 N–H and O–H groups in total. The van der Waals surface area contributed by atoms with Gasteiger partial charge in [-0.05, 0) is 103 Å². The van der Waals surface area contributed by atoms with Gasteiger partial charge in [0.2, 0.25) is 5.91 Å². The maximum Gasteiger partial charge on any atom is 0.412 e. The second kappa shape index (κ2) is 14.1. The van der Waals surface area contributed by atoms with Gasteiger partial charge in [0.05, 0.1) is 18.2 Å². The summed E-state index contributed by atoms with van der Waals surface area (Å²) in [4.78, 5) is 54.8. The molecule has 4 fully saturated rings. The maximum atomic E-state index is 14.8. The zero-order valence-electron chi connectivity index (χ0n) is 26.8. The Hall–Kier alpha value is -3.54. The van der Waals surface area contributed by atoms with E-state index in [1.807, 2.05) is 0 Å². The van der Waals surface area contributed by atoms with Crippen LogP contribution < -0.4 is 10.6 Å². The normalized spacial score (nSPS) is 24.3. The van der Waals surface area contributed by atoms with Gasteiger partial charge in [0.1, 0.15) is 22.1 Å². The second-order valence-electron chi connectivity index (χ2n) is 13.7. The van der Waals surface area contributed by atoms with Crippen LogP contribution >= 0.6 is 11.3 Å². The van der Waals surface area contributed by atoms with E-state index in [9.17, 15) is 28.0 Å². The monoisotopic (exact) mass is 659 g/mol. The highest BCUT2D eigenvalue weighted by molar-refractivity contribution is 7.18. The number of rotatable bonds is 8. The molecule has 2 saturated carbocycles. The fourth-order valence-corrected chi connectivity index (χ4v) is 8.09. The fourth-order valence-electron chi connectivity index (χ4n) is 6.99. The number of hydrogen-bond acceptors (Lipinski definition) is 7. The number of nitrogens with one attached hydrogen (secondary N) is 2. The van der Waals surface area contributed by atoms with E-state index in [1.54, 1.807) is 32.6 Å². The third kappa shape index (κ3) is 8.05. The van der Waals surface area contributed by atoms with Crippen LogP contribution in [0.5, 0.6) is 0 Å². The number of thiophene rings is 1. The summed E-state index contributed by atoms with van der Waals surface area (Å²) in [6.45, 7) is 7.80. The number of carbonyl (C=O) groups excluding carboxylic acids is 4. The summed E-state index contributed by atoms with van der Waals surface area (Å²) in [6.07, 6.45) is 5.19. The van der Waals surface area contributed by atoms with E-state index in [-0.39, 0.29) is 63.7 Å². The number of piperidine rings is 2. The molecule has 1 aromatic heterocycles. The first-order valence-electron chi connectivity index (χ1n) is 16.2. The molecule has 12 heteroatoms. The summed E-state index contributed by atoms with van der Waals surface area (Å²) in [5.41, 5.74) is -0.514. The Kier molecular flexibility index (Phi) is 10.3. The summed E-state index contributed by atoms with van der Waals surface area (Å²) >= 11 is 1.01. The lowest BCUT2D eigenvalue weighted by molar-refractivity contribution is -0.144. The van der Waals surface area contributed by atoms with E-state index < -0.39 is 23.3 Å². The van der Waals surface area contributed by atoms with Crippen LogP contribution in [-0.2, 0) is 19.1 Å². The molecule has 4 aliphatic rings. The summed E-state index contributed by atoms with van der Waals surface area (Å²) in [6, 6.07) is 4.42. The number of anilines is 1. The number of fused-ring (bicyclic) bond motifs is 3. The molecule has 1 aromatic carbocycles. The molecule has 6 rings (SSSR count). The molecule has 2 aliphatic carbocycles. The predicted octanol–water partition coefficient (Wildman–Crippen LogP) is 6.91. The van der Waals surface area contributed by atoms with Crippen LogP contribution in [0.1, 0.15) is 88.7 Å². The molecule has 250 valence electrons.